The average molecular weight is 627 g/mol. The minimum absolute atomic E-state index is 0.0825. The lowest BCUT2D eigenvalue weighted by Gasteiger charge is -2.30. The second kappa shape index (κ2) is 13.5. The first-order valence-electron chi connectivity index (χ1n) is 15.6. The summed E-state index contributed by atoms with van der Waals surface area (Å²) in [7, 11) is 0. The first-order chi connectivity index (χ1) is 21.8. The minimum Gasteiger partial charge on any atom is -0.489 e. The summed E-state index contributed by atoms with van der Waals surface area (Å²) in [4.78, 5) is 18.5. The number of anilines is 1. The highest BCUT2D eigenvalue weighted by molar-refractivity contribution is 7.98. The summed E-state index contributed by atoms with van der Waals surface area (Å²) in [6.45, 7) is 8.67. The highest BCUT2D eigenvalue weighted by Crippen LogP contribution is 2.38. The highest BCUT2D eigenvalue weighted by atomic mass is 32.2. The van der Waals surface area contributed by atoms with Crippen LogP contribution in [0.5, 0.6) is 5.75 Å². The first kappa shape index (κ1) is 30.9. The molecule has 0 radical (unpaired) electrons. The van der Waals surface area contributed by atoms with Gasteiger partial charge in [0.1, 0.15) is 30.3 Å². The number of aryl methyl sites for hydroxylation is 3. The van der Waals surface area contributed by atoms with Crippen molar-refractivity contribution in [3.8, 4) is 5.75 Å². The van der Waals surface area contributed by atoms with Gasteiger partial charge in [-0.2, -0.15) is 4.98 Å². The molecular formula is C36H39FN4O3S. The SMILES string of the molecule is CC1=C(C(=O)OC2CCCCC2)C(c2ccc(OCc3cc(C)c(C)cc3C)cc2)n2nc(SCc3ccccc3F)nc2N1. The lowest BCUT2D eigenvalue weighted by molar-refractivity contribution is -0.146. The number of nitrogens with one attached hydrogen (secondary N) is 1. The Morgan fingerprint density at radius 3 is 2.44 bits per heavy atom. The predicted octanol–water partition coefficient (Wildman–Crippen LogP) is 8.38. The lowest BCUT2D eigenvalue weighted by Crippen LogP contribution is -2.32. The number of carbonyl (C=O) groups excluding carboxylic acids is 1. The largest absolute Gasteiger partial charge is 0.489 e. The zero-order chi connectivity index (χ0) is 31.5. The molecule has 1 atom stereocenters. The number of aromatic nitrogens is 3. The maximum atomic E-state index is 14.3. The number of halogens is 1. The molecule has 9 heteroatoms. The zero-order valence-corrected chi connectivity index (χ0v) is 27.0. The monoisotopic (exact) mass is 626 g/mol. The van der Waals surface area contributed by atoms with Crippen LogP contribution in [0.2, 0.25) is 0 Å². The van der Waals surface area contributed by atoms with Gasteiger partial charge in [0.25, 0.3) is 0 Å². The van der Waals surface area contributed by atoms with E-state index in [1.54, 1.807) is 16.8 Å². The van der Waals surface area contributed by atoms with Crippen molar-refractivity contribution < 1.29 is 18.7 Å². The number of ether oxygens (including phenoxy) is 2. The summed E-state index contributed by atoms with van der Waals surface area (Å²) in [6, 6.07) is 18.3. The van der Waals surface area contributed by atoms with Gasteiger partial charge in [0, 0.05) is 11.4 Å². The van der Waals surface area contributed by atoms with E-state index >= 15 is 0 Å². The molecule has 1 aliphatic carbocycles. The Labute approximate surface area is 268 Å². The Kier molecular flexibility index (Phi) is 9.26. The molecule has 1 aromatic heterocycles. The van der Waals surface area contributed by atoms with Crippen LogP contribution in [0.4, 0.5) is 10.3 Å². The number of allylic oxidation sites excluding steroid dienone is 1. The number of rotatable bonds is 9. The lowest BCUT2D eigenvalue weighted by atomic mass is 9.95. The molecule has 0 saturated heterocycles. The second-order valence-corrected chi connectivity index (χ2v) is 12.9. The normalized spacial score (nSPS) is 16.7. The van der Waals surface area contributed by atoms with Crippen LogP contribution in [0.15, 0.2) is 77.1 Å². The van der Waals surface area contributed by atoms with Crippen LogP contribution in [-0.4, -0.2) is 26.8 Å². The van der Waals surface area contributed by atoms with Crippen LogP contribution in [0.1, 0.15) is 78.5 Å². The number of fused-ring (bicyclic) bond motifs is 1. The number of hydrogen-bond donors (Lipinski definition) is 1. The van der Waals surface area contributed by atoms with Gasteiger partial charge in [-0.3, -0.25) is 0 Å². The molecule has 234 valence electrons. The molecule has 0 bridgehead atoms. The van der Waals surface area contributed by atoms with Crippen LogP contribution in [0, 0.1) is 26.6 Å². The van der Waals surface area contributed by atoms with E-state index < -0.39 is 6.04 Å². The van der Waals surface area contributed by atoms with Gasteiger partial charge >= 0.3 is 5.97 Å². The van der Waals surface area contributed by atoms with Crippen LogP contribution >= 0.6 is 11.8 Å². The molecular weight excluding hydrogens is 587 g/mol. The third-order valence-electron chi connectivity index (χ3n) is 8.74. The number of nitrogens with zero attached hydrogens (tertiary/aromatic N) is 3. The average Bonchev–Trinajstić information content (AvgIpc) is 3.44. The molecule has 1 fully saturated rings. The summed E-state index contributed by atoms with van der Waals surface area (Å²) in [5, 5.41) is 8.57. The summed E-state index contributed by atoms with van der Waals surface area (Å²) < 4.78 is 28.3. The minimum atomic E-state index is -0.552. The van der Waals surface area contributed by atoms with Crippen LogP contribution in [0.25, 0.3) is 0 Å². The number of hydrogen-bond acceptors (Lipinski definition) is 7. The van der Waals surface area contributed by atoms with E-state index in [0.717, 1.165) is 42.6 Å². The number of esters is 1. The van der Waals surface area contributed by atoms with Crippen LogP contribution < -0.4 is 10.1 Å². The molecule has 1 N–H and O–H groups in total. The van der Waals surface area contributed by atoms with Gasteiger partial charge < -0.3 is 14.8 Å². The number of carbonyl (C=O) groups is 1. The van der Waals surface area contributed by atoms with Gasteiger partial charge in [-0.15, -0.1) is 5.10 Å². The third kappa shape index (κ3) is 6.93. The van der Waals surface area contributed by atoms with Crippen molar-refractivity contribution in [1.29, 1.82) is 0 Å². The fraction of sp³-hybridized carbons (Fsp3) is 0.361. The van der Waals surface area contributed by atoms with E-state index in [-0.39, 0.29) is 17.9 Å². The summed E-state index contributed by atoms with van der Waals surface area (Å²) in [6.07, 6.45) is 4.99. The Morgan fingerprint density at radius 1 is 0.956 bits per heavy atom. The fourth-order valence-corrected chi connectivity index (χ4v) is 6.82. The molecule has 1 saturated carbocycles. The van der Waals surface area contributed by atoms with Gasteiger partial charge in [-0.05, 0) is 105 Å². The maximum Gasteiger partial charge on any atom is 0.338 e. The van der Waals surface area contributed by atoms with E-state index in [0.29, 0.717) is 40.3 Å². The van der Waals surface area contributed by atoms with E-state index in [1.807, 2.05) is 37.3 Å². The molecule has 4 aromatic rings. The van der Waals surface area contributed by atoms with Crippen LogP contribution in [0.3, 0.4) is 0 Å². The van der Waals surface area contributed by atoms with Crippen molar-refractivity contribution in [3.05, 3.63) is 111 Å². The van der Waals surface area contributed by atoms with Gasteiger partial charge in [0.05, 0.1) is 5.57 Å². The molecule has 6 rings (SSSR count). The van der Waals surface area contributed by atoms with Crippen molar-refractivity contribution in [2.75, 3.05) is 5.32 Å². The van der Waals surface area contributed by atoms with E-state index in [1.165, 1.54) is 40.9 Å². The Hall–Kier alpha value is -4.11. The van der Waals surface area contributed by atoms with Gasteiger partial charge in [0.2, 0.25) is 11.1 Å². The number of thioether (sulfide) groups is 1. The molecule has 1 aliphatic heterocycles. The van der Waals surface area contributed by atoms with Crippen molar-refractivity contribution in [3.63, 3.8) is 0 Å². The molecule has 0 spiro atoms. The molecule has 2 aliphatic rings. The Morgan fingerprint density at radius 2 is 1.69 bits per heavy atom. The third-order valence-corrected chi connectivity index (χ3v) is 9.62. The standard InChI is InChI=1S/C36H39FN4O3S/c1-22-18-24(3)28(19-23(22)2)20-43-29-16-14-26(15-17-29)33-32(34(42)44-30-11-6-5-7-12-30)25(4)38-35-39-36(40-41(33)35)45-21-27-10-8-9-13-31(27)37/h8-10,13-19,30,33H,5-7,11-12,20-21H2,1-4H3,(H,38,39,40). The van der Waals surface area contributed by atoms with Crippen molar-refractivity contribution in [2.24, 2.45) is 0 Å². The molecule has 3 aromatic carbocycles. The first-order valence-corrected chi connectivity index (χ1v) is 16.6. The van der Waals surface area contributed by atoms with Crippen LogP contribution in [-0.2, 0) is 21.9 Å². The second-order valence-electron chi connectivity index (χ2n) is 12.0. The molecule has 45 heavy (non-hydrogen) atoms. The smallest absolute Gasteiger partial charge is 0.338 e. The summed E-state index contributed by atoms with van der Waals surface area (Å²) >= 11 is 1.35. The molecule has 2 heterocycles. The maximum absolute atomic E-state index is 14.3. The molecule has 0 amide bonds. The Bertz CT molecular complexity index is 1730. The molecule has 7 nitrogen and oxygen atoms in total. The van der Waals surface area contributed by atoms with E-state index in [4.69, 9.17) is 19.6 Å². The summed E-state index contributed by atoms with van der Waals surface area (Å²) in [5.74, 6) is 1.04. The van der Waals surface area contributed by atoms with Gasteiger partial charge in [-0.25, -0.2) is 13.9 Å². The number of benzene rings is 3. The van der Waals surface area contributed by atoms with Crippen molar-refractivity contribution >= 4 is 23.7 Å². The predicted molar refractivity (Wildman–Crippen MR) is 175 cm³/mol. The Balaban J connectivity index is 1.27. The quantitative estimate of drug-likeness (QED) is 0.148. The van der Waals surface area contributed by atoms with Crippen molar-refractivity contribution in [2.45, 2.75) is 89.5 Å². The highest BCUT2D eigenvalue weighted by Gasteiger charge is 2.36. The van der Waals surface area contributed by atoms with Gasteiger partial charge in [0.15, 0.2) is 0 Å². The van der Waals surface area contributed by atoms with Gasteiger partial charge in [-0.1, -0.05) is 60.6 Å². The molecule has 1 unspecified atom stereocenters. The van der Waals surface area contributed by atoms with E-state index in [9.17, 15) is 9.18 Å². The topological polar surface area (TPSA) is 78.3 Å². The van der Waals surface area contributed by atoms with Crippen molar-refractivity contribution in [1.82, 2.24) is 14.8 Å². The van der Waals surface area contributed by atoms with E-state index in [2.05, 4.69) is 38.2 Å². The summed E-state index contributed by atoms with van der Waals surface area (Å²) in [5.41, 5.74) is 7.48. The zero-order valence-electron chi connectivity index (χ0n) is 26.2. The fourth-order valence-electron chi connectivity index (χ4n) is 6.00.